The van der Waals surface area contributed by atoms with Crippen molar-refractivity contribution < 1.29 is 19.1 Å². The monoisotopic (exact) mass is 260 g/mol. The van der Waals surface area contributed by atoms with Crippen molar-refractivity contribution in [1.82, 2.24) is 5.43 Å². The van der Waals surface area contributed by atoms with Crippen LogP contribution in [0.25, 0.3) is 0 Å². The summed E-state index contributed by atoms with van der Waals surface area (Å²) >= 11 is 0. The highest BCUT2D eigenvalue weighted by Crippen LogP contribution is 2.20. The van der Waals surface area contributed by atoms with Gasteiger partial charge in [-0.25, -0.2) is 5.43 Å². The quantitative estimate of drug-likeness (QED) is 0.648. The van der Waals surface area contributed by atoms with E-state index in [0.29, 0.717) is 11.3 Å². The number of phenolic OH excluding ortho intramolecular Hbond substituents is 1. The Hall–Kier alpha value is -2.76. The van der Waals surface area contributed by atoms with E-state index >= 15 is 0 Å². The van der Waals surface area contributed by atoms with Crippen LogP contribution in [-0.4, -0.2) is 24.3 Å². The lowest BCUT2D eigenvalue weighted by Crippen LogP contribution is -2.16. The lowest BCUT2D eigenvalue weighted by atomic mass is 10.2. The van der Waals surface area contributed by atoms with Crippen LogP contribution < -0.4 is 10.2 Å². The molecule has 0 saturated carbocycles. The summed E-state index contributed by atoms with van der Waals surface area (Å²) in [7, 11) is 1.52. The van der Waals surface area contributed by atoms with Crippen LogP contribution in [0, 0.1) is 0 Å². The van der Waals surface area contributed by atoms with Gasteiger partial charge in [0.2, 0.25) is 0 Å². The van der Waals surface area contributed by atoms with E-state index in [1.165, 1.54) is 31.7 Å². The van der Waals surface area contributed by atoms with Gasteiger partial charge in [-0.15, -0.1) is 0 Å². The molecule has 1 aromatic heterocycles. The number of ether oxygens (including phenoxy) is 1. The van der Waals surface area contributed by atoms with E-state index in [2.05, 4.69) is 10.5 Å². The van der Waals surface area contributed by atoms with E-state index in [9.17, 15) is 9.90 Å². The Labute approximate surface area is 109 Å². The number of nitrogens with one attached hydrogen (secondary N) is 1. The zero-order chi connectivity index (χ0) is 13.7. The second kappa shape index (κ2) is 5.72. The molecular weight excluding hydrogens is 248 g/mol. The van der Waals surface area contributed by atoms with Gasteiger partial charge < -0.3 is 14.3 Å². The molecule has 0 fully saturated rings. The van der Waals surface area contributed by atoms with Crippen molar-refractivity contribution in [3.05, 3.63) is 47.9 Å². The molecular formula is C13H12N2O4. The Morgan fingerprint density at radius 1 is 1.47 bits per heavy atom. The third-order valence-corrected chi connectivity index (χ3v) is 2.35. The summed E-state index contributed by atoms with van der Waals surface area (Å²) in [6.45, 7) is 0. The van der Waals surface area contributed by atoms with Crippen LogP contribution in [0.4, 0.5) is 0 Å². The number of hydrazone groups is 1. The second-order valence-corrected chi connectivity index (χ2v) is 3.60. The van der Waals surface area contributed by atoms with Crippen LogP contribution in [-0.2, 0) is 0 Å². The predicted octanol–water partition coefficient (Wildman–Crippen LogP) is 1.76. The van der Waals surface area contributed by atoms with E-state index in [4.69, 9.17) is 9.15 Å². The molecule has 0 aliphatic carbocycles. The molecule has 1 heterocycles. The fourth-order valence-corrected chi connectivity index (χ4v) is 1.39. The van der Waals surface area contributed by atoms with E-state index in [1.54, 1.807) is 18.2 Å². The van der Waals surface area contributed by atoms with Crippen LogP contribution in [0.5, 0.6) is 11.5 Å². The fraction of sp³-hybridized carbons (Fsp3) is 0.0769. The molecule has 0 saturated heterocycles. The topological polar surface area (TPSA) is 84.1 Å². The number of carbonyl (C=O) groups is 1. The molecule has 0 spiro atoms. The van der Waals surface area contributed by atoms with Crippen LogP contribution in [0.2, 0.25) is 0 Å². The van der Waals surface area contributed by atoms with Crippen LogP contribution in [0.1, 0.15) is 16.1 Å². The van der Waals surface area contributed by atoms with Gasteiger partial charge in [-0.2, -0.15) is 5.10 Å². The summed E-state index contributed by atoms with van der Waals surface area (Å²) < 4.78 is 9.92. The van der Waals surface area contributed by atoms with Gasteiger partial charge in [-0.3, -0.25) is 4.79 Å². The average Bonchev–Trinajstić information content (AvgIpc) is 2.95. The minimum Gasteiger partial charge on any atom is -0.507 e. The number of rotatable bonds is 4. The first-order valence-corrected chi connectivity index (χ1v) is 5.44. The van der Waals surface area contributed by atoms with Gasteiger partial charge in [-0.05, 0) is 30.3 Å². The molecule has 98 valence electrons. The number of nitrogens with zero attached hydrogens (tertiary/aromatic N) is 1. The molecule has 6 nitrogen and oxygen atoms in total. The number of aromatic hydroxyl groups is 1. The molecule has 0 atom stereocenters. The standard InChI is InChI=1S/C13H12N2O4/c1-18-10-4-5-11(16)9(7-10)8-14-15-13(17)12-3-2-6-19-12/h2-8,16H,1H3,(H,15,17). The Balaban J connectivity index is 2.05. The SMILES string of the molecule is COc1ccc(O)c(C=NNC(=O)c2ccco2)c1. The van der Waals surface area contributed by atoms with Crippen molar-refractivity contribution in [2.75, 3.05) is 7.11 Å². The second-order valence-electron chi connectivity index (χ2n) is 3.60. The van der Waals surface area contributed by atoms with Crippen LogP contribution >= 0.6 is 0 Å². The minimum atomic E-state index is -0.469. The van der Waals surface area contributed by atoms with Gasteiger partial charge in [0.25, 0.3) is 0 Å². The zero-order valence-corrected chi connectivity index (χ0v) is 10.2. The van der Waals surface area contributed by atoms with Gasteiger partial charge in [-0.1, -0.05) is 0 Å². The van der Waals surface area contributed by atoms with Crippen molar-refractivity contribution in [2.24, 2.45) is 5.10 Å². The lowest BCUT2D eigenvalue weighted by Gasteiger charge is -2.02. The summed E-state index contributed by atoms with van der Waals surface area (Å²) in [5, 5.41) is 13.3. The first-order chi connectivity index (χ1) is 9.20. The first kappa shape index (κ1) is 12.7. The van der Waals surface area contributed by atoms with Crippen molar-refractivity contribution in [1.29, 1.82) is 0 Å². The molecule has 19 heavy (non-hydrogen) atoms. The maximum Gasteiger partial charge on any atom is 0.307 e. The van der Waals surface area contributed by atoms with Crippen LogP contribution in [0.15, 0.2) is 46.1 Å². The molecule has 2 aromatic rings. The van der Waals surface area contributed by atoms with Crippen molar-refractivity contribution in [3.8, 4) is 11.5 Å². The van der Waals surface area contributed by atoms with Crippen molar-refractivity contribution >= 4 is 12.1 Å². The molecule has 2 N–H and O–H groups in total. The molecule has 0 radical (unpaired) electrons. The third-order valence-electron chi connectivity index (χ3n) is 2.35. The van der Waals surface area contributed by atoms with Crippen LogP contribution in [0.3, 0.4) is 0 Å². The highest BCUT2D eigenvalue weighted by Gasteiger charge is 2.06. The van der Waals surface area contributed by atoms with E-state index < -0.39 is 5.91 Å². The van der Waals surface area contributed by atoms with Gasteiger partial charge >= 0.3 is 5.91 Å². The summed E-state index contributed by atoms with van der Waals surface area (Å²) in [5.74, 6) is 0.309. The average molecular weight is 260 g/mol. The third kappa shape index (κ3) is 3.12. The van der Waals surface area contributed by atoms with E-state index in [1.807, 2.05) is 0 Å². The number of benzene rings is 1. The van der Waals surface area contributed by atoms with E-state index in [-0.39, 0.29) is 11.5 Å². The Morgan fingerprint density at radius 2 is 2.32 bits per heavy atom. The van der Waals surface area contributed by atoms with Gasteiger partial charge in [0.1, 0.15) is 11.5 Å². The highest BCUT2D eigenvalue weighted by atomic mass is 16.5. The summed E-state index contributed by atoms with van der Waals surface area (Å²) in [5.41, 5.74) is 2.71. The maximum atomic E-state index is 11.5. The molecule has 1 aromatic carbocycles. The fourth-order valence-electron chi connectivity index (χ4n) is 1.39. The number of furan rings is 1. The van der Waals surface area contributed by atoms with E-state index in [0.717, 1.165) is 0 Å². The Morgan fingerprint density at radius 3 is 3.00 bits per heavy atom. The smallest absolute Gasteiger partial charge is 0.307 e. The number of methoxy groups -OCH3 is 1. The molecule has 0 bridgehead atoms. The largest absolute Gasteiger partial charge is 0.507 e. The molecule has 0 aliphatic rings. The molecule has 6 heteroatoms. The highest BCUT2D eigenvalue weighted by molar-refractivity contribution is 5.92. The molecule has 0 unspecified atom stereocenters. The number of hydrogen-bond acceptors (Lipinski definition) is 5. The first-order valence-electron chi connectivity index (χ1n) is 5.44. The Bertz CT molecular complexity index is 591. The molecule has 1 amide bonds. The molecule has 2 rings (SSSR count). The number of amides is 1. The van der Waals surface area contributed by atoms with Crippen molar-refractivity contribution in [3.63, 3.8) is 0 Å². The van der Waals surface area contributed by atoms with Crippen molar-refractivity contribution in [2.45, 2.75) is 0 Å². The molecule has 0 aliphatic heterocycles. The predicted molar refractivity (Wildman–Crippen MR) is 68.4 cm³/mol. The number of hydrogen-bond donors (Lipinski definition) is 2. The van der Waals surface area contributed by atoms with Gasteiger partial charge in [0, 0.05) is 5.56 Å². The van der Waals surface area contributed by atoms with Gasteiger partial charge in [0.05, 0.1) is 19.6 Å². The summed E-state index contributed by atoms with van der Waals surface area (Å²) in [6.07, 6.45) is 2.71. The number of phenols is 1. The lowest BCUT2D eigenvalue weighted by molar-refractivity contribution is 0.0927. The zero-order valence-electron chi connectivity index (χ0n) is 10.2. The summed E-state index contributed by atoms with van der Waals surface area (Å²) in [4.78, 5) is 11.5. The summed E-state index contributed by atoms with van der Waals surface area (Å²) in [6, 6.07) is 7.82. The normalized spacial score (nSPS) is 10.6. The number of carbonyl (C=O) groups excluding carboxylic acids is 1. The minimum absolute atomic E-state index is 0.0387. The maximum absolute atomic E-state index is 11.5. The Kier molecular flexibility index (Phi) is 3.82. The van der Waals surface area contributed by atoms with Gasteiger partial charge in [0.15, 0.2) is 5.76 Å².